The quantitative estimate of drug-likeness (QED) is 0.397. The highest BCUT2D eigenvalue weighted by molar-refractivity contribution is 5.71. The van der Waals surface area contributed by atoms with Gasteiger partial charge in [-0.3, -0.25) is 10.2 Å². The van der Waals surface area contributed by atoms with Gasteiger partial charge in [0.1, 0.15) is 0 Å². The second-order valence-electron chi connectivity index (χ2n) is 4.93. The van der Waals surface area contributed by atoms with Gasteiger partial charge >= 0.3 is 0 Å². The molecule has 6 nitrogen and oxygen atoms in total. The number of carbonyl (C=O) groups is 1. The molecule has 118 valence electrons. The first-order valence-electron chi connectivity index (χ1n) is 6.85. The molecular weight excluding hydrogens is 270 g/mol. The molecule has 0 atom stereocenters. The van der Waals surface area contributed by atoms with Crippen molar-refractivity contribution in [1.82, 2.24) is 0 Å². The molecule has 7 N–H and O–H groups in total. The number of carboxylic acids is 1. The fourth-order valence-corrected chi connectivity index (χ4v) is 2.17. The highest BCUT2D eigenvalue weighted by Gasteiger charge is 2.30. The predicted molar refractivity (Wildman–Crippen MR) is 82.8 cm³/mol. The zero-order valence-corrected chi connectivity index (χ0v) is 12.4. The monoisotopic (exact) mass is 295 g/mol. The van der Waals surface area contributed by atoms with Crippen molar-refractivity contribution < 1.29 is 15.0 Å². The molecule has 0 unspecified atom stereocenters. The van der Waals surface area contributed by atoms with E-state index in [-0.39, 0.29) is 5.96 Å². The van der Waals surface area contributed by atoms with Crippen molar-refractivity contribution in [3.63, 3.8) is 0 Å². The molecule has 2 rings (SSSR count). The van der Waals surface area contributed by atoms with Gasteiger partial charge in [-0.05, 0) is 18.4 Å². The molecule has 0 saturated heterocycles. The van der Waals surface area contributed by atoms with Crippen molar-refractivity contribution in [2.24, 2.45) is 11.5 Å². The van der Waals surface area contributed by atoms with Crippen LogP contribution in [0.15, 0.2) is 30.3 Å². The van der Waals surface area contributed by atoms with E-state index in [4.69, 9.17) is 15.3 Å². The van der Waals surface area contributed by atoms with E-state index in [2.05, 4.69) is 11.5 Å². The number of rotatable bonds is 1. The molecule has 1 aliphatic carbocycles. The van der Waals surface area contributed by atoms with Gasteiger partial charge in [0.2, 0.25) is 0 Å². The first-order valence-corrected chi connectivity index (χ1v) is 6.85. The zero-order valence-electron chi connectivity index (χ0n) is 12.4. The minimum absolute atomic E-state index is 0.333. The van der Waals surface area contributed by atoms with Gasteiger partial charge in [0, 0.05) is 6.92 Å². The van der Waals surface area contributed by atoms with Crippen molar-refractivity contribution in [3.05, 3.63) is 35.9 Å². The average molecular weight is 295 g/mol. The van der Waals surface area contributed by atoms with Crippen molar-refractivity contribution in [2.45, 2.75) is 44.6 Å². The number of nitrogens with one attached hydrogen (secondary N) is 1. The van der Waals surface area contributed by atoms with E-state index in [1.165, 1.54) is 6.42 Å². The van der Waals surface area contributed by atoms with Crippen molar-refractivity contribution in [1.29, 1.82) is 5.41 Å². The summed E-state index contributed by atoms with van der Waals surface area (Å²) < 4.78 is 0. The van der Waals surface area contributed by atoms with E-state index in [1.54, 1.807) is 0 Å². The Kier molecular flexibility index (Phi) is 8.80. The van der Waals surface area contributed by atoms with Crippen LogP contribution in [0.3, 0.4) is 0 Å². The third-order valence-electron chi connectivity index (χ3n) is 2.99. The summed E-state index contributed by atoms with van der Waals surface area (Å²) in [6, 6.07) is 10.1. The number of nitrogens with two attached hydrogens (primary N) is 2. The largest absolute Gasteiger partial charge is 0.481 e. The summed E-state index contributed by atoms with van der Waals surface area (Å²) in [6.45, 7) is 1.08. The Hall–Kier alpha value is -2.08. The Morgan fingerprint density at radius 3 is 1.90 bits per heavy atom. The third kappa shape index (κ3) is 9.45. The predicted octanol–water partition coefficient (Wildman–Crippen LogP) is 1.77. The maximum atomic E-state index is 10.3. The van der Waals surface area contributed by atoms with Crippen LogP contribution in [0.2, 0.25) is 0 Å². The minimum Gasteiger partial charge on any atom is -0.481 e. The molecule has 0 heterocycles. The molecule has 1 aliphatic rings. The van der Waals surface area contributed by atoms with Crippen LogP contribution in [0.1, 0.15) is 44.6 Å². The number of carboxylic acid groups (broad SMARTS) is 1. The molecular formula is C15H25N3O3. The zero-order chi connectivity index (χ0) is 16.3. The van der Waals surface area contributed by atoms with Crippen LogP contribution >= 0.6 is 0 Å². The Balaban J connectivity index is 0.000000421. The lowest BCUT2D eigenvalue weighted by Gasteiger charge is -2.32. The molecule has 0 aromatic heterocycles. The summed E-state index contributed by atoms with van der Waals surface area (Å²) in [4.78, 5) is 9.00. The molecule has 21 heavy (non-hydrogen) atoms. The van der Waals surface area contributed by atoms with Crippen LogP contribution in [0, 0.1) is 5.41 Å². The second kappa shape index (κ2) is 9.77. The van der Waals surface area contributed by atoms with Gasteiger partial charge in [0.25, 0.3) is 5.97 Å². The molecule has 1 aromatic carbocycles. The van der Waals surface area contributed by atoms with Crippen LogP contribution in [0.5, 0.6) is 0 Å². The number of aliphatic carboxylic acids is 1. The Labute approximate surface area is 125 Å². The van der Waals surface area contributed by atoms with E-state index >= 15 is 0 Å². The molecule has 0 aliphatic heterocycles. The second-order valence-corrected chi connectivity index (χ2v) is 4.93. The molecule has 0 radical (unpaired) electrons. The van der Waals surface area contributed by atoms with Gasteiger partial charge in [-0.15, -0.1) is 0 Å². The van der Waals surface area contributed by atoms with Crippen LogP contribution in [-0.4, -0.2) is 22.1 Å². The lowest BCUT2D eigenvalue weighted by molar-refractivity contribution is -0.134. The van der Waals surface area contributed by atoms with Crippen LogP contribution in [0.4, 0.5) is 0 Å². The van der Waals surface area contributed by atoms with Crippen LogP contribution < -0.4 is 11.5 Å². The standard InChI is InChI=1S/C12H16O.C2H4O2.CH5N3/c13-12(9-5-2-6-10-12)11-7-3-1-4-8-11;1-2(3)4;2-1(3)4/h1,3-4,7-8,13H,2,5-6,9-10H2;1H3,(H,3,4);(H5,2,3,4). The van der Waals surface area contributed by atoms with E-state index in [1.807, 2.05) is 30.3 Å². The van der Waals surface area contributed by atoms with Crippen LogP contribution in [-0.2, 0) is 10.4 Å². The first-order chi connectivity index (χ1) is 9.78. The summed E-state index contributed by atoms with van der Waals surface area (Å²) in [5.41, 5.74) is 9.51. The smallest absolute Gasteiger partial charge is 0.300 e. The Morgan fingerprint density at radius 1 is 1.14 bits per heavy atom. The Bertz CT molecular complexity index is 409. The third-order valence-corrected chi connectivity index (χ3v) is 2.99. The number of hydrogen-bond acceptors (Lipinski definition) is 3. The molecule has 6 heteroatoms. The van der Waals surface area contributed by atoms with Gasteiger partial charge in [-0.1, -0.05) is 49.6 Å². The minimum atomic E-state index is -0.833. The molecule has 0 spiro atoms. The first kappa shape index (κ1) is 18.9. The fraction of sp³-hybridized carbons (Fsp3) is 0.467. The van der Waals surface area contributed by atoms with Gasteiger partial charge in [0.15, 0.2) is 5.96 Å². The Morgan fingerprint density at radius 2 is 1.52 bits per heavy atom. The molecule has 0 amide bonds. The number of benzene rings is 1. The molecule has 1 aromatic rings. The summed E-state index contributed by atoms with van der Waals surface area (Å²) in [5.74, 6) is -1.17. The van der Waals surface area contributed by atoms with Gasteiger partial charge in [0.05, 0.1) is 5.60 Å². The van der Waals surface area contributed by atoms with E-state index in [0.717, 1.165) is 38.2 Å². The highest BCUT2D eigenvalue weighted by atomic mass is 16.4. The highest BCUT2D eigenvalue weighted by Crippen LogP contribution is 2.36. The maximum Gasteiger partial charge on any atom is 0.300 e. The lowest BCUT2D eigenvalue weighted by Crippen LogP contribution is -2.28. The van der Waals surface area contributed by atoms with Crippen molar-refractivity contribution in [3.8, 4) is 0 Å². The summed E-state index contributed by atoms with van der Waals surface area (Å²) >= 11 is 0. The number of hydrogen-bond donors (Lipinski definition) is 5. The maximum absolute atomic E-state index is 10.3. The summed E-state index contributed by atoms with van der Waals surface area (Å²) in [6.07, 6.45) is 5.44. The summed E-state index contributed by atoms with van der Waals surface area (Å²) in [5, 5.41) is 23.8. The van der Waals surface area contributed by atoms with Gasteiger partial charge < -0.3 is 21.7 Å². The molecule has 1 saturated carbocycles. The topological polar surface area (TPSA) is 133 Å². The number of guanidine groups is 1. The van der Waals surface area contributed by atoms with Crippen molar-refractivity contribution in [2.75, 3.05) is 0 Å². The lowest BCUT2D eigenvalue weighted by atomic mass is 9.80. The van der Waals surface area contributed by atoms with E-state index < -0.39 is 11.6 Å². The van der Waals surface area contributed by atoms with E-state index in [0.29, 0.717) is 0 Å². The normalized spacial score (nSPS) is 15.5. The van der Waals surface area contributed by atoms with E-state index in [9.17, 15) is 5.11 Å². The van der Waals surface area contributed by atoms with Crippen LogP contribution in [0.25, 0.3) is 0 Å². The van der Waals surface area contributed by atoms with Gasteiger partial charge in [-0.25, -0.2) is 0 Å². The molecule has 0 bridgehead atoms. The number of aliphatic hydroxyl groups is 1. The summed E-state index contributed by atoms with van der Waals surface area (Å²) in [7, 11) is 0. The average Bonchev–Trinajstić information content (AvgIpc) is 2.39. The fourth-order valence-electron chi connectivity index (χ4n) is 2.17. The molecule has 1 fully saturated rings. The van der Waals surface area contributed by atoms with Gasteiger partial charge in [-0.2, -0.15) is 0 Å². The van der Waals surface area contributed by atoms with Crippen molar-refractivity contribution >= 4 is 11.9 Å². The SMILES string of the molecule is CC(=O)O.N=C(N)N.OC1(c2ccccc2)CCCCC1.